The molecule has 0 fully saturated rings. The van der Waals surface area contributed by atoms with Crippen LogP contribution in [-0.2, 0) is 6.42 Å². The van der Waals surface area contributed by atoms with Crippen LogP contribution in [-0.4, -0.2) is 19.7 Å². The molecule has 1 aliphatic heterocycles. The normalized spacial score (nSPS) is 12.0. The van der Waals surface area contributed by atoms with Crippen molar-refractivity contribution in [3.63, 3.8) is 0 Å². The van der Waals surface area contributed by atoms with Gasteiger partial charge < -0.3 is 0 Å². The fraction of sp³-hybridized carbons (Fsp3) is 0.0769. The van der Waals surface area contributed by atoms with E-state index in [1.54, 1.807) is 0 Å². The molecule has 0 amide bonds. The third-order valence-corrected chi connectivity index (χ3v) is 5.01. The maximum atomic E-state index is 11.3. The minimum absolute atomic E-state index is 0.0463. The quantitative estimate of drug-likeness (QED) is 0.487. The van der Waals surface area contributed by atoms with Gasteiger partial charge in [-0.1, -0.05) is 11.8 Å². The molecule has 2 aromatic rings. The highest BCUT2D eigenvalue weighted by Gasteiger charge is 2.34. The minimum Gasteiger partial charge on any atom is -0.258 e. The fourth-order valence-electron chi connectivity index (χ4n) is 2.60. The van der Waals surface area contributed by atoms with Gasteiger partial charge in [-0.05, 0) is 11.1 Å². The van der Waals surface area contributed by atoms with Crippen molar-refractivity contribution in [3.05, 3.63) is 75.8 Å². The molecule has 0 atom stereocenters. The van der Waals surface area contributed by atoms with Crippen LogP contribution in [0, 0.1) is 40.5 Å². The highest BCUT2D eigenvalue weighted by Crippen LogP contribution is 2.50. The van der Waals surface area contributed by atoms with Crippen molar-refractivity contribution in [3.8, 4) is 0 Å². The molecule has 0 aromatic heterocycles. The monoisotopic (exact) mass is 378 g/mol. The van der Waals surface area contributed by atoms with Gasteiger partial charge in [-0.25, -0.2) is 0 Å². The first kappa shape index (κ1) is 17.2. The number of benzene rings is 2. The average molecular weight is 378 g/mol. The predicted octanol–water partition coefficient (Wildman–Crippen LogP) is 3.37. The maximum Gasteiger partial charge on any atom is 0.290 e. The van der Waals surface area contributed by atoms with Gasteiger partial charge in [0.1, 0.15) is 0 Å². The zero-order valence-corrected chi connectivity index (χ0v) is 13.3. The Morgan fingerprint density at radius 1 is 0.654 bits per heavy atom. The van der Waals surface area contributed by atoms with Gasteiger partial charge in [0.25, 0.3) is 22.7 Å². The lowest BCUT2D eigenvalue weighted by atomic mass is 10.0. The number of hydrogen-bond donors (Lipinski definition) is 0. The second-order valence-corrected chi connectivity index (χ2v) is 6.23. The standard InChI is InChI=1S/C13H6N4O8S/c18-14(19)8-2-6-1-7-3-9(15(20)21)5-11(17(24)25)13(7)26-12(6)10(4-8)16(22)23/h2-5H,1H2. The van der Waals surface area contributed by atoms with Crippen LogP contribution in [0.15, 0.2) is 34.1 Å². The van der Waals surface area contributed by atoms with E-state index in [-0.39, 0.29) is 27.3 Å². The molecule has 26 heavy (non-hydrogen) atoms. The van der Waals surface area contributed by atoms with E-state index < -0.39 is 42.4 Å². The van der Waals surface area contributed by atoms with E-state index in [1.807, 2.05) is 0 Å². The summed E-state index contributed by atoms with van der Waals surface area (Å²) in [6.07, 6.45) is -0.136. The predicted molar refractivity (Wildman–Crippen MR) is 86.4 cm³/mol. The summed E-state index contributed by atoms with van der Waals surface area (Å²) in [7, 11) is 0. The second-order valence-electron chi connectivity index (χ2n) is 5.21. The first-order valence-electron chi connectivity index (χ1n) is 6.78. The lowest BCUT2D eigenvalue weighted by Gasteiger charge is -2.18. The average Bonchev–Trinajstić information content (AvgIpc) is 2.57. The van der Waals surface area contributed by atoms with Crippen LogP contribution in [0.5, 0.6) is 0 Å². The van der Waals surface area contributed by atoms with E-state index >= 15 is 0 Å². The van der Waals surface area contributed by atoms with Gasteiger partial charge in [0.05, 0.1) is 41.6 Å². The summed E-state index contributed by atoms with van der Waals surface area (Å²) in [4.78, 5) is 41.4. The number of hydrogen-bond acceptors (Lipinski definition) is 9. The molecule has 132 valence electrons. The zero-order valence-electron chi connectivity index (χ0n) is 12.5. The maximum absolute atomic E-state index is 11.3. The summed E-state index contributed by atoms with van der Waals surface area (Å²) in [5.41, 5.74) is -1.68. The van der Waals surface area contributed by atoms with Crippen molar-refractivity contribution in [2.75, 3.05) is 0 Å². The first-order valence-corrected chi connectivity index (χ1v) is 7.60. The van der Waals surface area contributed by atoms with Gasteiger partial charge in [-0.15, -0.1) is 0 Å². The number of nitro groups is 4. The molecule has 1 aliphatic rings. The molecule has 0 saturated carbocycles. The van der Waals surface area contributed by atoms with Crippen molar-refractivity contribution in [1.82, 2.24) is 0 Å². The molecule has 1 heterocycles. The van der Waals surface area contributed by atoms with E-state index in [2.05, 4.69) is 0 Å². The molecule has 2 aromatic carbocycles. The van der Waals surface area contributed by atoms with Crippen molar-refractivity contribution in [2.45, 2.75) is 16.2 Å². The van der Waals surface area contributed by atoms with E-state index in [1.165, 1.54) is 0 Å². The highest BCUT2D eigenvalue weighted by molar-refractivity contribution is 7.99. The van der Waals surface area contributed by atoms with E-state index in [4.69, 9.17) is 0 Å². The van der Waals surface area contributed by atoms with Crippen molar-refractivity contribution >= 4 is 34.5 Å². The summed E-state index contributed by atoms with van der Waals surface area (Å²) in [5, 5.41) is 44.5. The van der Waals surface area contributed by atoms with Crippen molar-refractivity contribution in [2.24, 2.45) is 0 Å². The number of rotatable bonds is 4. The van der Waals surface area contributed by atoms with Crippen molar-refractivity contribution in [1.29, 1.82) is 0 Å². The van der Waals surface area contributed by atoms with Gasteiger partial charge in [0.2, 0.25) is 0 Å². The number of fused-ring (bicyclic) bond motifs is 2. The van der Waals surface area contributed by atoms with Gasteiger partial charge in [0.15, 0.2) is 0 Å². The Kier molecular flexibility index (Phi) is 4.00. The second kappa shape index (κ2) is 6.03. The lowest BCUT2D eigenvalue weighted by molar-refractivity contribution is -0.396. The molecule has 13 heteroatoms. The molecule has 0 radical (unpaired) electrons. The lowest BCUT2D eigenvalue weighted by Crippen LogP contribution is -2.07. The van der Waals surface area contributed by atoms with Crippen LogP contribution in [0.2, 0.25) is 0 Å². The van der Waals surface area contributed by atoms with Gasteiger partial charge >= 0.3 is 0 Å². The largest absolute Gasteiger partial charge is 0.290 e. The first-order chi connectivity index (χ1) is 12.2. The smallest absolute Gasteiger partial charge is 0.258 e. The van der Waals surface area contributed by atoms with Crippen LogP contribution >= 0.6 is 11.8 Å². The summed E-state index contributed by atoms with van der Waals surface area (Å²) in [5.74, 6) is 0. The third kappa shape index (κ3) is 2.79. The molecule has 0 unspecified atom stereocenters. The van der Waals surface area contributed by atoms with Crippen LogP contribution in [0.4, 0.5) is 22.7 Å². The molecule has 0 saturated heterocycles. The fourth-order valence-corrected chi connectivity index (χ4v) is 3.80. The molecule has 0 N–H and O–H groups in total. The summed E-state index contributed by atoms with van der Waals surface area (Å²) < 4.78 is 0. The van der Waals surface area contributed by atoms with Gasteiger partial charge in [0, 0.05) is 18.6 Å². The molecule has 0 aliphatic carbocycles. The topological polar surface area (TPSA) is 173 Å². The Labute approximate surface area is 147 Å². The molecule has 0 spiro atoms. The Hall–Kier alpha value is -3.61. The van der Waals surface area contributed by atoms with Crippen LogP contribution in [0.1, 0.15) is 11.1 Å². The van der Waals surface area contributed by atoms with E-state index in [0.717, 1.165) is 24.3 Å². The summed E-state index contributed by atoms with van der Waals surface area (Å²) in [6.45, 7) is 0. The molecule has 12 nitrogen and oxygen atoms in total. The van der Waals surface area contributed by atoms with E-state index in [0.29, 0.717) is 11.8 Å². The Morgan fingerprint density at radius 2 is 1.04 bits per heavy atom. The molecule has 3 rings (SSSR count). The van der Waals surface area contributed by atoms with Crippen LogP contribution in [0.25, 0.3) is 0 Å². The molecular formula is C13H6N4O8S. The number of nitrogens with zero attached hydrogens (tertiary/aromatic N) is 4. The summed E-state index contributed by atoms with van der Waals surface area (Å²) in [6, 6.07) is 3.83. The van der Waals surface area contributed by atoms with E-state index in [9.17, 15) is 40.5 Å². The minimum atomic E-state index is -0.805. The Bertz CT molecular complexity index is 942. The van der Waals surface area contributed by atoms with Crippen molar-refractivity contribution < 1.29 is 19.7 Å². The Balaban J connectivity index is 2.25. The number of nitro benzene ring substituents is 4. The zero-order chi connectivity index (χ0) is 19.2. The van der Waals surface area contributed by atoms with Crippen LogP contribution < -0.4 is 0 Å². The van der Waals surface area contributed by atoms with Gasteiger partial charge in [-0.3, -0.25) is 40.5 Å². The molecular weight excluding hydrogens is 372 g/mol. The Morgan fingerprint density at radius 3 is 1.35 bits per heavy atom. The van der Waals surface area contributed by atoms with Crippen LogP contribution in [0.3, 0.4) is 0 Å². The highest BCUT2D eigenvalue weighted by atomic mass is 32.2. The SMILES string of the molecule is O=[N+]([O-])c1cc2c(c([N+](=O)[O-])c1)Sc1c(cc([N+](=O)[O-])cc1[N+](=O)[O-])C2. The third-order valence-electron chi connectivity index (χ3n) is 3.66. The molecule has 0 bridgehead atoms. The van der Waals surface area contributed by atoms with Gasteiger partial charge in [-0.2, -0.15) is 0 Å². The number of non-ortho nitro benzene ring substituents is 2. The summed E-state index contributed by atoms with van der Waals surface area (Å²) >= 11 is 0.705.